The predicted octanol–water partition coefficient (Wildman–Crippen LogP) is 3.57. The van der Waals surface area contributed by atoms with E-state index < -0.39 is 10.0 Å². The van der Waals surface area contributed by atoms with E-state index in [2.05, 4.69) is 16.3 Å². The Balaban J connectivity index is 1.73. The number of para-hydroxylation sites is 2. The molecule has 8 heteroatoms. The standard InChI is InChI=1S/C19H19N3O3S2/c1-3-12-22-17-7-5-4-6-16(17)20-19(22)26-13-18(23)14-8-10-15(11-9-14)21-27(2,24)25/h3-11,21H,1,12-13H2,2H3. The molecule has 0 fully saturated rings. The second-order valence-corrected chi connectivity index (χ2v) is 8.64. The largest absolute Gasteiger partial charge is 0.315 e. The molecule has 0 saturated heterocycles. The van der Waals surface area contributed by atoms with Crippen molar-refractivity contribution < 1.29 is 13.2 Å². The van der Waals surface area contributed by atoms with Crippen molar-refractivity contribution in [2.45, 2.75) is 11.7 Å². The van der Waals surface area contributed by atoms with Crippen molar-refractivity contribution in [2.24, 2.45) is 0 Å². The summed E-state index contributed by atoms with van der Waals surface area (Å²) >= 11 is 1.37. The van der Waals surface area contributed by atoms with Crippen LogP contribution in [0.15, 0.2) is 66.3 Å². The van der Waals surface area contributed by atoms with Crippen molar-refractivity contribution in [3.05, 3.63) is 66.7 Å². The van der Waals surface area contributed by atoms with Crippen LogP contribution in [-0.4, -0.2) is 35.8 Å². The highest BCUT2D eigenvalue weighted by Crippen LogP contribution is 2.25. The van der Waals surface area contributed by atoms with E-state index in [-0.39, 0.29) is 11.5 Å². The van der Waals surface area contributed by atoms with Crippen molar-refractivity contribution in [1.82, 2.24) is 9.55 Å². The third-order valence-corrected chi connectivity index (χ3v) is 5.36. The average molecular weight is 402 g/mol. The molecule has 3 rings (SSSR count). The van der Waals surface area contributed by atoms with E-state index in [9.17, 15) is 13.2 Å². The van der Waals surface area contributed by atoms with Gasteiger partial charge in [-0.3, -0.25) is 9.52 Å². The SMILES string of the molecule is C=CCn1c(SCC(=O)c2ccc(NS(C)(=O)=O)cc2)nc2ccccc21. The zero-order chi connectivity index (χ0) is 19.4. The van der Waals surface area contributed by atoms with Gasteiger partial charge in [0, 0.05) is 17.8 Å². The normalized spacial score (nSPS) is 11.4. The summed E-state index contributed by atoms with van der Waals surface area (Å²) in [6, 6.07) is 14.2. The molecule has 0 aliphatic rings. The molecule has 6 nitrogen and oxygen atoms in total. The molecule has 2 aromatic carbocycles. The lowest BCUT2D eigenvalue weighted by Crippen LogP contribution is -2.10. The number of hydrogen-bond donors (Lipinski definition) is 1. The number of ketones is 1. The number of hydrogen-bond acceptors (Lipinski definition) is 5. The van der Waals surface area contributed by atoms with Crippen molar-refractivity contribution in [1.29, 1.82) is 0 Å². The summed E-state index contributed by atoms with van der Waals surface area (Å²) < 4.78 is 26.9. The maximum atomic E-state index is 12.5. The molecular weight excluding hydrogens is 382 g/mol. The molecule has 0 aliphatic heterocycles. The van der Waals surface area contributed by atoms with Crippen LogP contribution in [0.5, 0.6) is 0 Å². The number of anilines is 1. The summed E-state index contributed by atoms with van der Waals surface area (Å²) in [4.78, 5) is 17.1. The molecule has 0 bridgehead atoms. The van der Waals surface area contributed by atoms with Gasteiger partial charge in [0.05, 0.1) is 23.0 Å². The average Bonchev–Trinajstić information content (AvgIpc) is 2.97. The highest BCUT2D eigenvalue weighted by molar-refractivity contribution is 7.99. The Bertz CT molecular complexity index is 1090. The smallest absolute Gasteiger partial charge is 0.229 e. The number of sulfonamides is 1. The molecule has 0 radical (unpaired) electrons. The van der Waals surface area contributed by atoms with Crippen LogP contribution in [-0.2, 0) is 16.6 Å². The molecule has 1 N–H and O–H groups in total. The van der Waals surface area contributed by atoms with Crippen LogP contribution < -0.4 is 4.72 Å². The molecule has 1 aromatic heterocycles. The third kappa shape index (κ3) is 4.78. The Morgan fingerprint density at radius 1 is 1.22 bits per heavy atom. The molecular formula is C19H19N3O3S2. The van der Waals surface area contributed by atoms with E-state index >= 15 is 0 Å². The van der Waals surface area contributed by atoms with Gasteiger partial charge >= 0.3 is 0 Å². The second-order valence-electron chi connectivity index (χ2n) is 5.95. The lowest BCUT2D eigenvalue weighted by molar-refractivity contribution is 0.102. The van der Waals surface area contributed by atoms with Gasteiger partial charge in [-0.15, -0.1) is 6.58 Å². The Hall–Kier alpha value is -2.58. The Morgan fingerprint density at radius 2 is 1.93 bits per heavy atom. The number of carbonyl (C=O) groups excluding carboxylic acids is 1. The number of nitrogens with zero attached hydrogens (tertiary/aromatic N) is 2. The van der Waals surface area contributed by atoms with Gasteiger partial charge in [0.25, 0.3) is 0 Å². The number of imidazole rings is 1. The van der Waals surface area contributed by atoms with Gasteiger partial charge in [-0.1, -0.05) is 30.0 Å². The molecule has 0 unspecified atom stereocenters. The van der Waals surface area contributed by atoms with E-state index in [1.165, 1.54) is 11.8 Å². The molecule has 0 saturated carbocycles. The van der Waals surface area contributed by atoms with Crippen LogP contribution in [0, 0.1) is 0 Å². The van der Waals surface area contributed by atoms with E-state index in [4.69, 9.17) is 0 Å². The van der Waals surface area contributed by atoms with Crippen LogP contribution in [0.2, 0.25) is 0 Å². The number of fused-ring (bicyclic) bond motifs is 1. The minimum absolute atomic E-state index is 0.0527. The lowest BCUT2D eigenvalue weighted by Gasteiger charge is -2.07. The number of benzene rings is 2. The highest BCUT2D eigenvalue weighted by Gasteiger charge is 2.13. The van der Waals surface area contributed by atoms with E-state index in [0.29, 0.717) is 17.8 Å². The van der Waals surface area contributed by atoms with Gasteiger partial charge in [-0.25, -0.2) is 13.4 Å². The number of rotatable bonds is 8. The number of aromatic nitrogens is 2. The summed E-state index contributed by atoms with van der Waals surface area (Å²) in [6.45, 7) is 4.40. The number of nitrogens with one attached hydrogen (secondary N) is 1. The Kier molecular flexibility index (Phi) is 5.67. The summed E-state index contributed by atoms with van der Waals surface area (Å²) in [6.07, 6.45) is 2.88. The molecule has 27 heavy (non-hydrogen) atoms. The number of allylic oxidation sites excluding steroid dienone is 1. The fourth-order valence-electron chi connectivity index (χ4n) is 2.62. The van der Waals surface area contributed by atoms with Crippen LogP contribution in [0.4, 0.5) is 5.69 Å². The van der Waals surface area contributed by atoms with Crippen molar-refractivity contribution in [3.8, 4) is 0 Å². The number of thioether (sulfide) groups is 1. The van der Waals surface area contributed by atoms with Gasteiger partial charge < -0.3 is 4.57 Å². The Labute approximate surface area is 162 Å². The van der Waals surface area contributed by atoms with Gasteiger partial charge in [-0.2, -0.15) is 0 Å². The molecule has 0 spiro atoms. The number of carbonyl (C=O) groups is 1. The third-order valence-electron chi connectivity index (χ3n) is 3.77. The quantitative estimate of drug-likeness (QED) is 0.355. The zero-order valence-electron chi connectivity index (χ0n) is 14.8. The van der Waals surface area contributed by atoms with Gasteiger partial charge in [0.2, 0.25) is 10.0 Å². The monoisotopic (exact) mass is 401 g/mol. The topological polar surface area (TPSA) is 81.1 Å². The first kappa shape index (κ1) is 19.2. The first-order chi connectivity index (χ1) is 12.9. The highest BCUT2D eigenvalue weighted by atomic mass is 32.2. The van der Waals surface area contributed by atoms with Crippen molar-refractivity contribution in [2.75, 3.05) is 16.7 Å². The maximum absolute atomic E-state index is 12.5. The maximum Gasteiger partial charge on any atom is 0.229 e. The minimum Gasteiger partial charge on any atom is -0.315 e. The van der Waals surface area contributed by atoms with E-state index in [1.807, 2.05) is 28.8 Å². The summed E-state index contributed by atoms with van der Waals surface area (Å²) in [5, 5.41) is 0.764. The molecule has 0 atom stereocenters. The fourth-order valence-corrected chi connectivity index (χ4v) is 4.10. The minimum atomic E-state index is -3.34. The van der Waals surface area contributed by atoms with Crippen LogP contribution >= 0.6 is 11.8 Å². The molecule has 140 valence electrons. The van der Waals surface area contributed by atoms with Gasteiger partial charge in [0.15, 0.2) is 10.9 Å². The van der Waals surface area contributed by atoms with E-state index in [1.54, 1.807) is 30.3 Å². The van der Waals surface area contributed by atoms with Crippen molar-refractivity contribution in [3.63, 3.8) is 0 Å². The van der Waals surface area contributed by atoms with Crippen molar-refractivity contribution >= 4 is 44.3 Å². The van der Waals surface area contributed by atoms with E-state index in [0.717, 1.165) is 22.4 Å². The summed E-state index contributed by atoms with van der Waals surface area (Å²) in [7, 11) is -3.34. The fraction of sp³-hybridized carbons (Fsp3) is 0.158. The Morgan fingerprint density at radius 3 is 2.59 bits per heavy atom. The first-order valence-electron chi connectivity index (χ1n) is 8.17. The molecule has 0 amide bonds. The van der Waals surface area contributed by atoms with Crippen LogP contribution in [0.3, 0.4) is 0 Å². The van der Waals surface area contributed by atoms with Gasteiger partial charge in [0.1, 0.15) is 0 Å². The predicted molar refractivity (Wildman–Crippen MR) is 110 cm³/mol. The lowest BCUT2D eigenvalue weighted by atomic mass is 10.1. The first-order valence-corrected chi connectivity index (χ1v) is 11.0. The zero-order valence-corrected chi connectivity index (χ0v) is 16.4. The van der Waals surface area contributed by atoms with Crippen LogP contribution in [0.1, 0.15) is 10.4 Å². The summed E-state index contributed by atoms with van der Waals surface area (Å²) in [5.74, 6) is 0.183. The second kappa shape index (κ2) is 7.98. The summed E-state index contributed by atoms with van der Waals surface area (Å²) in [5.41, 5.74) is 2.83. The van der Waals surface area contributed by atoms with Crippen LogP contribution in [0.25, 0.3) is 11.0 Å². The van der Waals surface area contributed by atoms with Gasteiger partial charge in [-0.05, 0) is 36.4 Å². The molecule has 0 aliphatic carbocycles. The molecule has 3 aromatic rings. The molecule has 1 heterocycles. The number of Topliss-reactive ketones (excluding diaryl/α,β-unsaturated/α-hetero) is 1.